The Balaban J connectivity index is 1.60. The second-order valence-corrected chi connectivity index (χ2v) is 6.54. The zero-order chi connectivity index (χ0) is 17.1. The zero-order valence-corrected chi connectivity index (χ0v) is 13.8. The summed E-state index contributed by atoms with van der Waals surface area (Å²) in [5.74, 6) is 1.74. The predicted molar refractivity (Wildman–Crippen MR) is 105 cm³/mol. The van der Waals surface area contributed by atoms with Crippen LogP contribution in [0.2, 0.25) is 0 Å². The van der Waals surface area contributed by atoms with Crippen molar-refractivity contribution in [1.29, 1.82) is 0 Å². The van der Waals surface area contributed by atoms with Crippen LogP contribution in [-0.2, 0) is 0 Å². The van der Waals surface area contributed by atoms with E-state index in [9.17, 15) is 0 Å². The molecule has 1 unspecified atom stereocenters. The van der Waals surface area contributed by atoms with E-state index in [0.717, 1.165) is 39.9 Å². The van der Waals surface area contributed by atoms with Gasteiger partial charge in [-0.15, -0.1) is 0 Å². The number of aromatic amines is 1. The first kappa shape index (κ1) is 13.7. The number of aliphatic imine (C=N–C) groups is 1. The Bertz CT molecular complexity index is 1160. The van der Waals surface area contributed by atoms with Gasteiger partial charge in [-0.05, 0) is 30.3 Å². The topological polar surface area (TPSA) is 56.3 Å². The summed E-state index contributed by atoms with van der Waals surface area (Å²) >= 11 is 0. The molecule has 0 bridgehead atoms. The minimum atomic E-state index is 0.0225. The highest BCUT2D eigenvalue weighted by molar-refractivity contribution is 6.16. The molecule has 2 aliphatic heterocycles. The second kappa shape index (κ2) is 4.95. The minimum Gasteiger partial charge on any atom is -0.370 e. The molecule has 1 aromatic heterocycles. The molecule has 4 aromatic rings. The van der Waals surface area contributed by atoms with E-state index in [0.29, 0.717) is 0 Å². The number of H-pyrrole nitrogens is 1. The summed E-state index contributed by atoms with van der Waals surface area (Å²) in [5, 5.41) is 3.63. The molecule has 1 atom stereocenters. The van der Waals surface area contributed by atoms with Gasteiger partial charge in [0.25, 0.3) is 0 Å². The first-order valence-corrected chi connectivity index (χ1v) is 8.66. The van der Waals surface area contributed by atoms with E-state index >= 15 is 0 Å². The largest absolute Gasteiger partial charge is 0.370 e. The smallest absolute Gasteiger partial charge is 0.214 e. The molecule has 6 rings (SSSR count). The number of para-hydroxylation sites is 5. The third-order valence-electron chi connectivity index (χ3n) is 5.00. The first-order valence-electron chi connectivity index (χ1n) is 8.66. The van der Waals surface area contributed by atoms with E-state index in [-0.39, 0.29) is 6.04 Å². The molecule has 3 aromatic carbocycles. The van der Waals surface area contributed by atoms with Crippen molar-refractivity contribution in [2.75, 3.05) is 10.2 Å². The number of hydrogen-bond acceptors (Lipinski definition) is 4. The molecule has 5 heteroatoms. The number of anilines is 3. The maximum Gasteiger partial charge on any atom is 0.214 e. The Morgan fingerprint density at radius 2 is 1.65 bits per heavy atom. The Kier molecular flexibility index (Phi) is 2.60. The summed E-state index contributed by atoms with van der Waals surface area (Å²) in [5.41, 5.74) is 6.30. The predicted octanol–water partition coefficient (Wildman–Crippen LogP) is 4.91. The fraction of sp³-hybridized carbons (Fsp3) is 0.0476. The molecule has 0 spiro atoms. The van der Waals surface area contributed by atoms with Crippen LogP contribution in [0.5, 0.6) is 0 Å². The van der Waals surface area contributed by atoms with Crippen LogP contribution in [0.1, 0.15) is 11.6 Å². The Hall–Kier alpha value is -3.60. The zero-order valence-electron chi connectivity index (χ0n) is 13.8. The molecular weight excluding hydrogens is 322 g/mol. The Morgan fingerprint density at radius 3 is 2.62 bits per heavy atom. The lowest BCUT2D eigenvalue weighted by molar-refractivity contribution is 0.998. The van der Waals surface area contributed by atoms with E-state index in [1.165, 1.54) is 5.56 Å². The monoisotopic (exact) mass is 337 g/mol. The fourth-order valence-electron chi connectivity index (χ4n) is 3.82. The van der Waals surface area contributed by atoms with Crippen LogP contribution in [0.25, 0.3) is 11.0 Å². The van der Waals surface area contributed by atoms with Crippen molar-refractivity contribution in [2.45, 2.75) is 6.04 Å². The van der Waals surface area contributed by atoms with Crippen molar-refractivity contribution in [3.63, 3.8) is 0 Å². The van der Waals surface area contributed by atoms with E-state index < -0.39 is 0 Å². The number of benzene rings is 3. The number of fused-ring (bicyclic) bond motifs is 5. The highest BCUT2D eigenvalue weighted by Crippen LogP contribution is 2.46. The van der Waals surface area contributed by atoms with Gasteiger partial charge in [-0.3, -0.25) is 4.90 Å². The van der Waals surface area contributed by atoms with Crippen LogP contribution in [0, 0.1) is 0 Å². The number of nitrogens with one attached hydrogen (secondary N) is 2. The number of imidazole rings is 1. The fourth-order valence-corrected chi connectivity index (χ4v) is 3.82. The van der Waals surface area contributed by atoms with Crippen LogP contribution in [0.4, 0.5) is 23.0 Å². The van der Waals surface area contributed by atoms with Crippen molar-refractivity contribution in [3.05, 3.63) is 78.4 Å². The van der Waals surface area contributed by atoms with E-state index in [2.05, 4.69) is 45.5 Å². The molecular formula is C21H15N5. The highest BCUT2D eigenvalue weighted by atomic mass is 15.4. The van der Waals surface area contributed by atoms with Crippen LogP contribution in [0.3, 0.4) is 0 Å². The molecule has 2 aliphatic rings. The van der Waals surface area contributed by atoms with Gasteiger partial charge in [-0.25, -0.2) is 9.98 Å². The summed E-state index contributed by atoms with van der Waals surface area (Å²) in [7, 11) is 0. The molecule has 0 radical (unpaired) electrons. The second-order valence-electron chi connectivity index (χ2n) is 6.54. The molecule has 0 amide bonds. The first-order chi connectivity index (χ1) is 12.9. The maximum atomic E-state index is 4.92. The van der Waals surface area contributed by atoms with Gasteiger partial charge in [-0.1, -0.05) is 42.5 Å². The van der Waals surface area contributed by atoms with Crippen molar-refractivity contribution >= 4 is 39.9 Å². The van der Waals surface area contributed by atoms with Gasteiger partial charge in [0.1, 0.15) is 11.9 Å². The molecule has 124 valence electrons. The average molecular weight is 337 g/mol. The van der Waals surface area contributed by atoms with Gasteiger partial charge in [0.15, 0.2) is 0 Å². The molecule has 3 heterocycles. The van der Waals surface area contributed by atoms with Crippen LogP contribution < -0.4 is 10.2 Å². The molecule has 0 saturated heterocycles. The lowest BCUT2D eigenvalue weighted by Gasteiger charge is -2.34. The highest BCUT2D eigenvalue weighted by Gasteiger charge is 2.38. The summed E-state index contributed by atoms with van der Waals surface area (Å²) in [6.45, 7) is 0. The van der Waals surface area contributed by atoms with Gasteiger partial charge in [-0.2, -0.15) is 0 Å². The Labute approximate surface area is 150 Å². The van der Waals surface area contributed by atoms with E-state index in [4.69, 9.17) is 9.98 Å². The third kappa shape index (κ3) is 1.80. The molecule has 5 nitrogen and oxygen atoms in total. The number of aromatic nitrogens is 2. The summed E-state index contributed by atoms with van der Waals surface area (Å²) < 4.78 is 0. The molecule has 2 N–H and O–H groups in total. The van der Waals surface area contributed by atoms with Crippen molar-refractivity contribution in [3.8, 4) is 0 Å². The van der Waals surface area contributed by atoms with Crippen molar-refractivity contribution < 1.29 is 0 Å². The number of nitrogens with zero attached hydrogens (tertiary/aromatic N) is 3. The van der Waals surface area contributed by atoms with Crippen molar-refractivity contribution in [2.24, 2.45) is 4.99 Å². The maximum absolute atomic E-state index is 4.92. The van der Waals surface area contributed by atoms with Gasteiger partial charge in [0, 0.05) is 5.56 Å². The van der Waals surface area contributed by atoms with E-state index in [1.807, 2.05) is 42.5 Å². The Morgan fingerprint density at radius 1 is 0.846 bits per heavy atom. The SMILES string of the molecule is c1ccc2c(c1)N=C1C2Nc2ccccc2N1c1nc2ccccc2[nH]1. The quantitative estimate of drug-likeness (QED) is 0.519. The average Bonchev–Trinajstić information content (AvgIpc) is 3.27. The van der Waals surface area contributed by atoms with Gasteiger partial charge in [0.2, 0.25) is 5.95 Å². The lowest BCUT2D eigenvalue weighted by atomic mass is 10.0. The summed E-state index contributed by atoms with van der Waals surface area (Å²) in [4.78, 5) is 15.3. The summed E-state index contributed by atoms with van der Waals surface area (Å²) in [6.07, 6.45) is 0. The summed E-state index contributed by atoms with van der Waals surface area (Å²) in [6, 6.07) is 24.7. The molecule has 0 fully saturated rings. The molecule has 26 heavy (non-hydrogen) atoms. The van der Waals surface area contributed by atoms with Crippen LogP contribution >= 0.6 is 0 Å². The van der Waals surface area contributed by atoms with Gasteiger partial charge >= 0.3 is 0 Å². The third-order valence-corrected chi connectivity index (χ3v) is 5.00. The number of hydrogen-bond donors (Lipinski definition) is 2. The van der Waals surface area contributed by atoms with Gasteiger partial charge in [0.05, 0.1) is 28.1 Å². The number of rotatable bonds is 1. The lowest BCUT2D eigenvalue weighted by Crippen LogP contribution is -2.38. The number of amidine groups is 1. The van der Waals surface area contributed by atoms with Crippen molar-refractivity contribution in [1.82, 2.24) is 9.97 Å². The standard InChI is InChI=1S/C21H15N5/c1-2-8-14-13(7-1)19-20(23-14)26(18-12-6-5-11-17(18)22-19)21-24-15-9-3-4-10-16(15)25-21/h1-12,19,22H,(H,24,25). The van der Waals surface area contributed by atoms with Gasteiger partial charge < -0.3 is 10.3 Å². The van der Waals surface area contributed by atoms with E-state index in [1.54, 1.807) is 0 Å². The van der Waals surface area contributed by atoms with Crippen LogP contribution in [-0.4, -0.2) is 15.8 Å². The van der Waals surface area contributed by atoms with Crippen LogP contribution in [0.15, 0.2) is 77.8 Å². The molecule has 0 aliphatic carbocycles. The normalized spacial score (nSPS) is 17.3. The molecule has 0 saturated carbocycles. The minimum absolute atomic E-state index is 0.0225.